The summed E-state index contributed by atoms with van der Waals surface area (Å²) in [7, 11) is 0. The molecule has 1 aromatic carbocycles. The second-order valence-electron chi connectivity index (χ2n) is 4.44. The van der Waals surface area contributed by atoms with Gasteiger partial charge in [0.05, 0.1) is 5.69 Å². The highest BCUT2D eigenvalue weighted by Gasteiger charge is 2.30. The van der Waals surface area contributed by atoms with E-state index in [0.29, 0.717) is 13.0 Å². The molecule has 1 saturated heterocycles. The molecule has 2 aromatic rings. The number of aromatic nitrogens is 1. The van der Waals surface area contributed by atoms with Crippen LogP contribution in [0.2, 0.25) is 0 Å². The van der Waals surface area contributed by atoms with E-state index in [9.17, 15) is 4.79 Å². The van der Waals surface area contributed by atoms with Crippen LogP contribution in [0, 0.1) is 0 Å². The highest BCUT2D eigenvalue weighted by Crippen LogP contribution is 2.31. The lowest BCUT2D eigenvalue weighted by Gasteiger charge is -2.10. The Hall–Kier alpha value is -1.40. The lowest BCUT2D eigenvalue weighted by Crippen LogP contribution is -2.24. The number of benzene rings is 1. The molecule has 1 aromatic heterocycles. The second-order valence-corrected chi connectivity index (χ2v) is 6.57. The number of anilines is 2. The molecule has 19 heavy (non-hydrogen) atoms. The van der Waals surface area contributed by atoms with Gasteiger partial charge in [-0.2, -0.15) is 0 Å². The van der Waals surface area contributed by atoms with Crippen LogP contribution in [0.15, 0.2) is 29.6 Å². The fourth-order valence-electron chi connectivity index (χ4n) is 2.02. The first-order valence-corrected chi connectivity index (χ1v) is 7.69. The molecule has 4 nitrogen and oxygen atoms in total. The largest absolute Gasteiger partial charge is 0.399 e. The summed E-state index contributed by atoms with van der Waals surface area (Å²) in [5, 5.41) is 2.73. The predicted octanol–water partition coefficient (Wildman–Crippen LogP) is 2.89. The van der Waals surface area contributed by atoms with E-state index in [1.165, 1.54) is 11.3 Å². The molecular weight excluding hydrogens is 326 g/mol. The van der Waals surface area contributed by atoms with E-state index < -0.39 is 0 Å². The van der Waals surface area contributed by atoms with Gasteiger partial charge >= 0.3 is 0 Å². The van der Waals surface area contributed by atoms with Crippen molar-refractivity contribution in [3.63, 3.8) is 0 Å². The van der Waals surface area contributed by atoms with E-state index in [4.69, 9.17) is 5.73 Å². The Bertz CT molecular complexity index is 611. The lowest BCUT2D eigenvalue weighted by molar-refractivity contribution is -0.117. The summed E-state index contributed by atoms with van der Waals surface area (Å²) in [6.45, 7) is 0.688. The number of thiazole rings is 1. The normalized spacial score (nSPS) is 19.1. The molecule has 1 aliphatic heterocycles. The molecule has 6 heteroatoms. The van der Waals surface area contributed by atoms with Gasteiger partial charge in [0.15, 0.2) is 5.13 Å². The number of amides is 1. The van der Waals surface area contributed by atoms with Crippen molar-refractivity contribution >= 4 is 44.0 Å². The Labute approximate surface area is 123 Å². The van der Waals surface area contributed by atoms with E-state index >= 15 is 0 Å². The van der Waals surface area contributed by atoms with Crippen molar-refractivity contribution in [1.29, 1.82) is 0 Å². The van der Waals surface area contributed by atoms with E-state index in [-0.39, 0.29) is 10.7 Å². The highest BCUT2D eigenvalue weighted by molar-refractivity contribution is 9.09. The molecule has 0 radical (unpaired) electrons. The number of rotatable bonds is 2. The molecule has 1 fully saturated rings. The van der Waals surface area contributed by atoms with Crippen molar-refractivity contribution in [2.45, 2.75) is 11.2 Å². The number of hydrogen-bond acceptors (Lipinski definition) is 4. The van der Waals surface area contributed by atoms with Gasteiger partial charge in [-0.1, -0.05) is 28.1 Å². The minimum atomic E-state index is 0.125. The number of nitrogen functional groups attached to an aromatic ring is 1. The number of hydrogen-bond donors (Lipinski definition) is 1. The molecular formula is C13H12BrN3OS. The molecule has 2 heterocycles. The topological polar surface area (TPSA) is 59.2 Å². The maximum absolute atomic E-state index is 11.8. The van der Waals surface area contributed by atoms with Crippen LogP contribution in [-0.2, 0) is 4.79 Å². The Morgan fingerprint density at radius 1 is 1.37 bits per heavy atom. The van der Waals surface area contributed by atoms with Gasteiger partial charge in [-0.05, 0) is 12.1 Å². The zero-order valence-electron chi connectivity index (χ0n) is 10.0. The quantitative estimate of drug-likeness (QED) is 0.677. The third-order valence-electron chi connectivity index (χ3n) is 3.01. The first-order valence-electron chi connectivity index (χ1n) is 5.89. The summed E-state index contributed by atoms with van der Waals surface area (Å²) in [6, 6.07) is 7.58. The highest BCUT2D eigenvalue weighted by atomic mass is 79.9. The number of nitrogens with zero attached hydrogens (tertiary/aromatic N) is 2. The van der Waals surface area contributed by atoms with Crippen LogP contribution in [0.4, 0.5) is 10.8 Å². The Morgan fingerprint density at radius 2 is 2.11 bits per heavy atom. The van der Waals surface area contributed by atoms with E-state index in [1.807, 2.05) is 29.6 Å². The number of carbonyl (C=O) groups is 1. The lowest BCUT2D eigenvalue weighted by atomic mass is 10.1. The average Bonchev–Trinajstić information content (AvgIpc) is 2.97. The van der Waals surface area contributed by atoms with Gasteiger partial charge < -0.3 is 5.73 Å². The van der Waals surface area contributed by atoms with Crippen LogP contribution >= 0.6 is 27.3 Å². The summed E-state index contributed by atoms with van der Waals surface area (Å²) in [4.78, 5) is 18.3. The van der Waals surface area contributed by atoms with Crippen molar-refractivity contribution in [3.8, 4) is 11.3 Å². The molecule has 0 spiro atoms. The maximum atomic E-state index is 11.8. The SMILES string of the molecule is Nc1ccc(-c2csc(N3CC(Br)CC3=O)n2)cc1. The van der Waals surface area contributed by atoms with E-state index in [0.717, 1.165) is 22.1 Å². The maximum Gasteiger partial charge on any atom is 0.230 e. The molecule has 0 saturated carbocycles. The minimum Gasteiger partial charge on any atom is -0.399 e. The van der Waals surface area contributed by atoms with E-state index in [1.54, 1.807) is 4.90 Å². The standard InChI is InChI=1S/C13H12BrN3OS/c14-9-5-12(18)17(6-9)13-16-11(7-19-13)8-1-3-10(15)4-2-8/h1-4,7,9H,5-6,15H2. The van der Waals surface area contributed by atoms with Crippen LogP contribution < -0.4 is 10.6 Å². The summed E-state index contributed by atoms with van der Waals surface area (Å²) < 4.78 is 0. The van der Waals surface area contributed by atoms with Gasteiger partial charge in [-0.25, -0.2) is 4.98 Å². The van der Waals surface area contributed by atoms with Gasteiger partial charge in [0.25, 0.3) is 0 Å². The van der Waals surface area contributed by atoms with Gasteiger partial charge in [-0.15, -0.1) is 11.3 Å². The number of carbonyl (C=O) groups excluding carboxylic acids is 1. The third kappa shape index (κ3) is 2.50. The summed E-state index contributed by atoms with van der Waals surface area (Å²) >= 11 is 4.97. The van der Waals surface area contributed by atoms with Gasteiger partial charge in [0.1, 0.15) is 0 Å². The Kier molecular flexibility index (Phi) is 3.28. The smallest absolute Gasteiger partial charge is 0.230 e. The second kappa shape index (κ2) is 4.94. The number of alkyl halides is 1. The zero-order chi connectivity index (χ0) is 13.4. The van der Waals surface area contributed by atoms with Crippen molar-refractivity contribution in [1.82, 2.24) is 4.98 Å². The van der Waals surface area contributed by atoms with Crippen LogP contribution in [-0.4, -0.2) is 22.3 Å². The van der Waals surface area contributed by atoms with Crippen LogP contribution in [0.25, 0.3) is 11.3 Å². The Morgan fingerprint density at radius 3 is 2.74 bits per heavy atom. The number of halogens is 1. The monoisotopic (exact) mass is 337 g/mol. The molecule has 98 valence electrons. The predicted molar refractivity (Wildman–Crippen MR) is 81.6 cm³/mol. The fourth-order valence-corrected chi connectivity index (χ4v) is 3.45. The van der Waals surface area contributed by atoms with Gasteiger partial charge in [0, 0.05) is 34.4 Å². The molecule has 2 N–H and O–H groups in total. The van der Waals surface area contributed by atoms with E-state index in [2.05, 4.69) is 20.9 Å². The van der Waals surface area contributed by atoms with Gasteiger partial charge in [-0.3, -0.25) is 9.69 Å². The summed E-state index contributed by atoms with van der Waals surface area (Å²) in [5.74, 6) is 0.125. The van der Waals surface area contributed by atoms with Gasteiger partial charge in [0.2, 0.25) is 5.91 Å². The van der Waals surface area contributed by atoms with Crippen molar-refractivity contribution in [3.05, 3.63) is 29.6 Å². The van der Waals surface area contributed by atoms with Crippen molar-refractivity contribution in [2.75, 3.05) is 17.2 Å². The first kappa shape index (κ1) is 12.6. The minimum absolute atomic E-state index is 0.125. The molecule has 1 aliphatic rings. The molecule has 1 atom stereocenters. The third-order valence-corrected chi connectivity index (χ3v) is 4.48. The Balaban J connectivity index is 1.87. The first-order chi connectivity index (χ1) is 9.13. The molecule has 3 rings (SSSR count). The zero-order valence-corrected chi connectivity index (χ0v) is 12.4. The van der Waals surface area contributed by atoms with Crippen molar-refractivity contribution < 1.29 is 4.79 Å². The van der Waals surface area contributed by atoms with Crippen LogP contribution in [0.5, 0.6) is 0 Å². The van der Waals surface area contributed by atoms with Crippen LogP contribution in [0.1, 0.15) is 6.42 Å². The molecule has 0 aliphatic carbocycles. The summed E-state index contributed by atoms with van der Waals surface area (Å²) in [5.41, 5.74) is 8.29. The summed E-state index contributed by atoms with van der Waals surface area (Å²) in [6.07, 6.45) is 0.538. The van der Waals surface area contributed by atoms with Crippen LogP contribution in [0.3, 0.4) is 0 Å². The average molecular weight is 338 g/mol. The molecule has 1 amide bonds. The number of nitrogens with two attached hydrogens (primary N) is 1. The molecule has 0 bridgehead atoms. The molecule has 1 unspecified atom stereocenters. The van der Waals surface area contributed by atoms with Crippen molar-refractivity contribution in [2.24, 2.45) is 0 Å². The fraction of sp³-hybridized carbons (Fsp3) is 0.231.